The van der Waals surface area contributed by atoms with E-state index >= 15 is 0 Å². The van der Waals surface area contributed by atoms with E-state index in [-0.39, 0.29) is 17.0 Å². The molecule has 1 saturated heterocycles. The minimum Gasteiger partial charge on any atom is -0.497 e. The molecule has 3 aromatic rings. The molecule has 0 atom stereocenters. The molecule has 27 heavy (non-hydrogen) atoms. The Morgan fingerprint density at radius 1 is 1.15 bits per heavy atom. The summed E-state index contributed by atoms with van der Waals surface area (Å²) in [6.07, 6.45) is 1.48. The first kappa shape index (κ1) is 17.3. The molecule has 0 unspecified atom stereocenters. The average molecular weight is 376 g/mol. The first-order valence-corrected chi connectivity index (χ1v) is 8.43. The van der Waals surface area contributed by atoms with E-state index in [1.165, 1.54) is 19.4 Å². The van der Waals surface area contributed by atoms with Crippen LogP contribution in [0.15, 0.2) is 23.1 Å². The van der Waals surface area contributed by atoms with Crippen molar-refractivity contribution < 1.29 is 13.5 Å². The summed E-state index contributed by atoms with van der Waals surface area (Å²) >= 11 is 0. The molecule has 0 aliphatic carbocycles. The van der Waals surface area contributed by atoms with Crippen molar-refractivity contribution in [3.8, 4) is 5.75 Å². The van der Waals surface area contributed by atoms with Crippen LogP contribution in [0.4, 0.5) is 20.4 Å². The fourth-order valence-electron chi connectivity index (χ4n) is 3.23. The van der Waals surface area contributed by atoms with Gasteiger partial charge in [-0.3, -0.25) is 14.5 Å². The molecule has 0 radical (unpaired) electrons. The predicted octanol–water partition coefficient (Wildman–Crippen LogP) is 1.27. The third-order valence-corrected chi connectivity index (χ3v) is 4.73. The van der Waals surface area contributed by atoms with Crippen LogP contribution < -0.4 is 20.1 Å². The first-order chi connectivity index (χ1) is 13.0. The number of aryl methyl sites for hydroxylation is 1. The highest BCUT2D eigenvalue weighted by Crippen LogP contribution is 2.28. The summed E-state index contributed by atoms with van der Waals surface area (Å²) in [5, 5.41) is 4.47. The van der Waals surface area contributed by atoms with E-state index in [1.807, 2.05) is 4.90 Å². The highest BCUT2D eigenvalue weighted by atomic mass is 19.2. The van der Waals surface area contributed by atoms with Gasteiger partial charge in [0.1, 0.15) is 11.1 Å². The standard InChI is InChI=1S/C17H18F2N6O2/c1-23-15-11(9-20-23)16(26)22-17(21-15)25-5-3-24(4-6-25)13-8-10(27-2)7-12(18)14(13)19/h7-9H,3-6H2,1-2H3,(H,21,22,26). The molecule has 1 aliphatic heterocycles. The van der Waals surface area contributed by atoms with Gasteiger partial charge in [-0.15, -0.1) is 0 Å². The Labute approximate surface area is 153 Å². The lowest BCUT2D eigenvalue weighted by Crippen LogP contribution is -2.47. The summed E-state index contributed by atoms with van der Waals surface area (Å²) < 4.78 is 34.5. The topological polar surface area (TPSA) is 79.3 Å². The van der Waals surface area contributed by atoms with Gasteiger partial charge in [-0.1, -0.05) is 0 Å². The van der Waals surface area contributed by atoms with Crippen molar-refractivity contribution in [1.29, 1.82) is 0 Å². The van der Waals surface area contributed by atoms with Crippen LogP contribution in [0.1, 0.15) is 0 Å². The maximum atomic E-state index is 14.2. The number of nitrogens with zero attached hydrogens (tertiary/aromatic N) is 5. The van der Waals surface area contributed by atoms with Gasteiger partial charge in [0.15, 0.2) is 17.3 Å². The number of rotatable bonds is 3. The molecule has 0 amide bonds. The summed E-state index contributed by atoms with van der Waals surface area (Å²) in [5.74, 6) is -1.14. The second-order valence-electron chi connectivity index (χ2n) is 6.31. The number of aromatic nitrogens is 4. The van der Waals surface area contributed by atoms with Gasteiger partial charge in [0.2, 0.25) is 5.95 Å². The van der Waals surface area contributed by atoms with Crippen LogP contribution in [0.5, 0.6) is 5.75 Å². The van der Waals surface area contributed by atoms with Crippen LogP contribution >= 0.6 is 0 Å². The SMILES string of the molecule is COc1cc(F)c(F)c(N2CCN(c3nc4c(cnn4C)c(=O)[nH]3)CC2)c1. The molecule has 0 spiro atoms. The van der Waals surface area contributed by atoms with Gasteiger partial charge in [0, 0.05) is 45.4 Å². The monoisotopic (exact) mass is 376 g/mol. The minimum absolute atomic E-state index is 0.162. The van der Waals surface area contributed by atoms with Gasteiger partial charge < -0.3 is 14.5 Å². The Hall–Kier alpha value is -3.17. The molecule has 4 rings (SSSR count). The number of hydrogen-bond acceptors (Lipinski definition) is 6. The number of ether oxygens (including phenoxy) is 1. The van der Waals surface area contributed by atoms with Crippen LogP contribution in [-0.4, -0.2) is 53.0 Å². The molecule has 10 heteroatoms. The summed E-state index contributed by atoms with van der Waals surface area (Å²) in [4.78, 5) is 23.1. The largest absolute Gasteiger partial charge is 0.497 e. The molecule has 0 bridgehead atoms. The molecule has 8 nitrogen and oxygen atoms in total. The van der Waals surface area contributed by atoms with E-state index in [1.54, 1.807) is 16.6 Å². The molecule has 1 N–H and O–H groups in total. The van der Waals surface area contributed by atoms with Gasteiger partial charge in [0.05, 0.1) is 19.0 Å². The lowest BCUT2D eigenvalue weighted by atomic mass is 10.2. The second-order valence-corrected chi connectivity index (χ2v) is 6.31. The molecule has 142 valence electrons. The molecule has 3 heterocycles. The quantitative estimate of drug-likeness (QED) is 0.742. The number of halogens is 2. The Balaban J connectivity index is 1.57. The number of methoxy groups -OCH3 is 1. The van der Waals surface area contributed by atoms with Crippen molar-refractivity contribution in [2.24, 2.45) is 7.05 Å². The van der Waals surface area contributed by atoms with E-state index in [0.29, 0.717) is 43.2 Å². The number of H-pyrrole nitrogens is 1. The molecule has 1 aliphatic rings. The summed E-state index contributed by atoms with van der Waals surface area (Å²) in [6.45, 7) is 1.86. The molecular weight excluding hydrogens is 358 g/mol. The fraction of sp³-hybridized carbons (Fsp3) is 0.353. The Bertz CT molecular complexity index is 1060. The van der Waals surface area contributed by atoms with Gasteiger partial charge >= 0.3 is 0 Å². The highest BCUT2D eigenvalue weighted by molar-refractivity contribution is 5.74. The van der Waals surface area contributed by atoms with Gasteiger partial charge in [0.25, 0.3) is 5.56 Å². The number of piperazine rings is 1. The van der Waals surface area contributed by atoms with Crippen molar-refractivity contribution in [3.63, 3.8) is 0 Å². The lowest BCUT2D eigenvalue weighted by Gasteiger charge is -2.36. The maximum absolute atomic E-state index is 14.2. The number of fused-ring (bicyclic) bond motifs is 1. The number of hydrogen-bond donors (Lipinski definition) is 1. The van der Waals surface area contributed by atoms with Crippen molar-refractivity contribution in [3.05, 3.63) is 40.3 Å². The second kappa shape index (κ2) is 6.53. The van der Waals surface area contributed by atoms with E-state index in [4.69, 9.17) is 4.74 Å². The van der Waals surface area contributed by atoms with Crippen molar-refractivity contribution >= 4 is 22.7 Å². The fourth-order valence-corrected chi connectivity index (χ4v) is 3.23. The van der Waals surface area contributed by atoms with Gasteiger partial charge in [-0.05, 0) is 0 Å². The predicted molar refractivity (Wildman–Crippen MR) is 96.5 cm³/mol. The number of benzene rings is 1. The van der Waals surface area contributed by atoms with Crippen LogP contribution in [0.2, 0.25) is 0 Å². The smallest absolute Gasteiger partial charge is 0.263 e. The number of anilines is 2. The van der Waals surface area contributed by atoms with E-state index < -0.39 is 11.6 Å². The zero-order valence-electron chi connectivity index (χ0n) is 14.9. The van der Waals surface area contributed by atoms with Crippen LogP contribution in [-0.2, 0) is 7.05 Å². The molecule has 2 aromatic heterocycles. The molecule has 0 saturated carbocycles. The van der Waals surface area contributed by atoms with Crippen LogP contribution in [0.25, 0.3) is 11.0 Å². The summed E-state index contributed by atoms with van der Waals surface area (Å²) in [7, 11) is 3.13. The zero-order valence-corrected chi connectivity index (χ0v) is 14.9. The van der Waals surface area contributed by atoms with Gasteiger partial charge in [-0.2, -0.15) is 10.1 Å². The van der Waals surface area contributed by atoms with E-state index in [9.17, 15) is 13.6 Å². The Morgan fingerprint density at radius 3 is 2.56 bits per heavy atom. The minimum atomic E-state index is -0.945. The highest BCUT2D eigenvalue weighted by Gasteiger charge is 2.24. The third kappa shape index (κ3) is 2.96. The molecular formula is C17H18F2N6O2. The third-order valence-electron chi connectivity index (χ3n) is 4.73. The number of aromatic amines is 1. The van der Waals surface area contributed by atoms with Crippen LogP contribution in [0.3, 0.4) is 0 Å². The van der Waals surface area contributed by atoms with Crippen molar-refractivity contribution in [2.45, 2.75) is 0 Å². The molecule has 1 fully saturated rings. The summed E-state index contributed by atoms with van der Waals surface area (Å²) in [5.41, 5.74) is 0.401. The van der Waals surface area contributed by atoms with E-state index in [0.717, 1.165) is 6.07 Å². The zero-order chi connectivity index (χ0) is 19.1. The van der Waals surface area contributed by atoms with Crippen molar-refractivity contribution in [2.75, 3.05) is 43.1 Å². The lowest BCUT2D eigenvalue weighted by molar-refractivity contribution is 0.406. The average Bonchev–Trinajstić information content (AvgIpc) is 3.05. The normalized spacial score (nSPS) is 14.8. The maximum Gasteiger partial charge on any atom is 0.263 e. The Morgan fingerprint density at radius 2 is 1.85 bits per heavy atom. The first-order valence-electron chi connectivity index (χ1n) is 8.43. The van der Waals surface area contributed by atoms with E-state index in [2.05, 4.69) is 15.1 Å². The Kier molecular flexibility index (Phi) is 4.17. The number of nitrogens with one attached hydrogen (secondary N) is 1. The summed E-state index contributed by atoms with van der Waals surface area (Å²) in [6, 6.07) is 2.50. The van der Waals surface area contributed by atoms with Crippen molar-refractivity contribution in [1.82, 2.24) is 19.7 Å². The molecule has 1 aromatic carbocycles. The van der Waals surface area contributed by atoms with Crippen LogP contribution in [0, 0.1) is 11.6 Å². The van der Waals surface area contributed by atoms with Gasteiger partial charge in [-0.25, -0.2) is 8.78 Å².